The molecule has 5 rings (SSSR count). The van der Waals surface area contributed by atoms with Crippen molar-refractivity contribution >= 4 is 37.7 Å². The predicted octanol–water partition coefficient (Wildman–Crippen LogP) is 3.73. The van der Waals surface area contributed by atoms with Gasteiger partial charge in [0.1, 0.15) is 0 Å². The minimum absolute atomic E-state index is 0.0746. The number of benzene rings is 2. The summed E-state index contributed by atoms with van der Waals surface area (Å²) in [7, 11) is -1.72. The van der Waals surface area contributed by atoms with Crippen molar-refractivity contribution in [1.29, 1.82) is 0 Å². The Morgan fingerprint density at radius 1 is 1.18 bits per heavy atom. The highest BCUT2D eigenvalue weighted by Crippen LogP contribution is 2.27. The van der Waals surface area contributed by atoms with E-state index in [1.807, 2.05) is 36.1 Å². The summed E-state index contributed by atoms with van der Waals surface area (Å²) >= 11 is 0. The molecule has 0 saturated carbocycles. The third-order valence-corrected chi connectivity index (χ3v) is 8.73. The number of aromatic amines is 1. The quantitative estimate of drug-likeness (QED) is 0.443. The minimum atomic E-state index is -3.66. The molecule has 0 radical (unpaired) electrons. The molecule has 1 amide bonds. The van der Waals surface area contributed by atoms with Crippen LogP contribution in [0.2, 0.25) is 0 Å². The number of aryl methyl sites for hydroxylation is 2. The van der Waals surface area contributed by atoms with Gasteiger partial charge in [0, 0.05) is 60.9 Å². The number of amides is 1. The van der Waals surface area contributed by atoms with E-state index in [2.05, 4.69) is 35.4 Å². The van der Waals surface area contributed by atoms with Gasteiger partial charge in [0.15, 0.2) is 0 Å². The van der Waals surface area contributed by atoms with Gasteiger partial charge in [-0.3, -0.25) is 4.79 Å². The molecule has 1 aliphatic rings. The number of hydrogen-bond acceptors (Lipinski definition) is 3. The average Bonchev–Trinajstić information content (AvgIpc) is 3.41. The molecule has 1 saturated heterocycles. The maximum Gasteiger partial charge on any atom is 0.243 e. The van der Waals surface area contributed by atoms with Gasteiger partial charge in [-0.2, -0.15) is 4.31 Å². The van der Waals surface area contributed by atoms with Crippen molar-refractivity contribution in [2.24, 2.45) is 13.0 Å². The van der Waals surface area contributed by atoms with Crippen molar-refractivity contribution in [2.75, 3.05) is 19.6 Å². The van der Waals surface area contributed by atoms with E-state index in [9.17, 15) is 13.2 Å². The fraction of sp³-hybridized carbons (Fsp3) is 0.346. The molecule has 4 aromatic rings. The fourth-order valence-electron chi connectivity index (χ4n) is 4.91. The van der Waals surface area contributed by atoms with E-state index in [1.165, 1.54) is 20.8 Å². The summed E-state index contributed by atoms with van der Waals surface area (Å²) in [5.41, 5.74) is 4.45. The van der Waals surface area contributed by atoms with Gasteiger partial charge in [-0.25, -0.2) is 8.42 Å². The number of sulfonamides is 1. The number of H-pyrrole nitrogens is 1. The summed E-state index contributed by atoms with van der Waals surface area (Å²) in [5.74, 6) is -0.413. The number of fused-ring (bicyclic) bond motifs is 2. The summed E-state index contributed by atoms with van der Waals surface area (Å²) < 4.78 is 30.1. The van der Waals surface area contributed by atoms with Crippen molar-refractivity contribution in [1.82, 2.24) is 19.2 Å². The van der Waals surface area contributed by atoms with Crippen LogP contribution in [0, 0.1) is 12.8 Å². The number of nitrogens with zero attached hydrogens (tertiary/aromatic N) is 2. The molecule has 3 heterocycles. The summed E-state index contributed by atoms with van der Waals surface area (Å²) in [6.07, 6.45) is 6.00. The molecule has 1 fully saturated rings. The lowest BCUT2D eigenvalue weighted by molar-refractivity contribution is -0.126. The minimum Gasteiger partial charge on any atom is -0.361 e. The van der Waals surface area contributed by atoms with Crippen molar-refractivity contribution in [3.05, 3.63) is 66.0 Å². The molecule has 0 unspecified atom stereocenters. The van der Waals surface area contributed by atoms with Gasteiger partial charge < -0.3 is 14.9 Å². The molecule has 178 valence electrons. The molecule has 34 heavy (non-hydrogen) atoms. The normalized spacial score (nSPS) is 17.4. The highest BCUT2D eigenvalue weighted by atomic mass is 32.2. The fourth-order valence-corrected chi connectivity index (χ4v) is 6.47. The SMILES string of the molecule is Cc1ccc2[nH]cc(CCNC(=O)[C@@H]3CCCN(S(=O)(=O)c4ccc5c(ccn5C)c4)C3)c2c1. The largest absolute Gasteiger partial charge is 0.361 e. The van der Waals surface area contributed by atoms with Crippen LogP contribution in [0.3, 0.4) is 0 Å². The second-order valence-electron chi connectivity index (χ2n) is 9.25. The lowest BCUT2D eigenvalue weighted by atomic mass is 9.98. The molecule has 1 atom stereocenters. The van der Waals surface area contributed by atoms with Crippen molar-refractivity contribution in [2.45, 2.75) is 31.1 Å². The molecule has 2 N–H and O–H groups in total. The van der Waals surface area contributed by atoms with Crippen LogP contribution in [-0.4, -0.2) is 47.8 Å². The first-order valence-electron chi connectivity index (χ1n) is 11.7. The number of carbonyl (C=O) groups is 1. The molecule has 1 aliphatic heterocycles. The van der Waals surface area contributed by atoms with E-state index in [0.29, 0.717) is 25.9 Å². The van der Waals surface area contributed by atoms with E-state index in [-0.39, 0.29) is 23.3 Å². The van der Waals surface area contributed by atoms with Crippen LogP contribution in [0.1, 0.15) is 24.0 Å². The first-order valence-corrected chi connectivity index (χ1v) is 13.2. The van der Waals surface area contributed by atoms with Gasteiger partial charge in [0.25, 0.3) is 0 Å². The smallest absolute Gasteiger partial charge is 0.243 e. The second kappa shape index (κ2) is 8.92. The van der Waals surface area contributed by atoms with Crippen molar-refractivity contribution < 1.29 is 13.2 Å². The monoisotopic (exact) mass is 478 g/mol. The van der Waals surface area contributed by atoms with Crippen LogP contribution in [0.4, 0.5) is 0 Å². The lowest BCUT2D eigenvalue weighted by Gasteiger charge is -2.31. The first-order chi connectivity index (χ1) is 16.3. The van der Waals surface area contributed by atoms with E-state index >= 15 is 0 Å². The standard InChI is InChI=1S/C26H30N4O3S/c1-18-5-7-24-23(14-18)20(16-28-24)9-11-27-26(31)21-4-3-12-30(17-21)34(32,33)22-6-8-25-19(15-22)10-13-29(25)2/h5-8,10,13-16,21,28H,3-4,9,11-12,17H2,1-2H3,(H,27,31)/t21-/m1/s1. The van der Waals surface area contributed by atoms with E-state index in [4.69, 9.17) is 0 Å². The number of hydrogen-bond donors (Lipinski definition) is 2. The Labute approximate surface area is 199 Å². The van der Waals surface area contributed by atoms with E-state index in [0.717, 1.165) is 22.8 Å². The molecule has 7 nitrogen and oxygen atoms in total. The maximum atomic E-state index is 13.3. The molecular weight excluding hydrogens is 448 g/mol. The molecular formula is C26H30N4O3S. The Hall–Kier alpha value is -3.10. The summed E-state index contributed by atoms with van der Waals surface area (Å²) in [4.78, 5) is 16.4. The Bertz CT molecular complexity index is 1470. The van der Waals surface area contributed by atoms with Crippen LogP contribution in [0.15, 0.2) is 59.8 Å². The Morgan fingerprint density at radius 2 is 2.03 bits per heavy atom. The van der Waals surface area contributed by atoms with Crippen molar-refractivity contribution in [3.63, 3.8) is 0 Å². The predicted molar refractivity (Wildman–Crippen MR) is 134 cm³/mol. The molecule has 2 aromatic carbocycles. The zero-order valence-corrected chi connectivity index (χ0v) is 20.4. The van der Waals surface area contributed by atoms with Gasteiger partial charge >= 0.3 is 0 Å². The Morgan fingerprint density at radius 3 is 2.88 bits per heavy atom. The van der Waals surface area contributed by atoms with Crippen LogP contribution in [0.25, 0.3) is 21.8 Å². The summed E-state index contributed by atoms with van der Waals surface area (Å²) in [6, 6.07) is 13.4. The Kier molecular flexibility index (Phi) is 5.95. The highest BCUT2D eigenvalue weighted by molar-refractivity contribution is 7.89. The number of rotatable bonds is 6. The third-order valence-electron chi connectivity index (χ3n) is 6.87. The molecule has 0 spiro atoms. The second-order valence-corrected chi connectivity index (χ2v) is 11.2. The number of aromatic nitrogens is 2. The molecule has 0 bridgehead atoms. The summed E-state index contributed by atoms with van der Waals surface area (Å²) in [6.45, 7) is 3.24. The topological polar surface area (TPSA) is 87.2 Å². The molecule has 2 aromatic heterocycles. The highest BCUT2D eigenvalue weighted by Gasteiger charge is 2.33. The van der Waals surface area contributed by atoms with Gasteiger partial charge in [-0.15, -0.1) is 0 Å². The molecule has 0 aliphatic carbocycles. The van der Waals surface area contributed by atoms with E-state index in [1.54, 1.807) is 12.1 Å². The van der Waals surface area contributed by atoms with Crippen LogP contribution < -0.4 is 5.32 Å². The van der Waals surface area contributed by atoms with Crippen molar-refractivity contribution in [3.8, 4) is 0 Å². The van der Waals surface area contributed by atoms with Crippen LogP contribution in [-0.2, 0) is 28.3 Å². The van der Waals surface area contributed by atoms with E-state index < -0.39 is 10.0 Å². The van der Waals surface area contributed by atoms with Gasteiger partial charge in [0.2, 0.25) is 15.9 Å². The van der Waals surface area contributed by atoms with Gasteiger partial charge in [-0.05, 0) is 68.1 Å². The number of carbonyl (C=O) groups excluding carboxylic acids is 1. The zero-order valence-electron chi connectivity index (χ0n) is 19.5. The average molecular weight is 479 g/mol. The Balaban J connectivity index is 1.23. The maximum absolute atomic E-state index is 13.3. The third kappa shape index (κ3) is 4.23. The first kappa shape index (κ1) is 22.7. The molecule has 8 heteroatoms. The lowest BCUT2D eigenvalue weighted by Crippen LogP contribution is -2.45. The summed E-state index contributed by atoms with van der Waals surface area (Å²) in [5, 5.41) is 5.10. The van der Waals surface area contributed by atoms with Crippen LogP contribution >= 0.6 is 0 Å². The van der Waals surface area contributed by atoms with Gasteiger partial charge in [0.05, 0.1) is 10.8 Å². The zero-order chi connectivity index (χ0) is 23.9. The number of piperidine rings is 1. The number of nitrogens with one attached hydrogen (secondary N) is 2. The van der Waals surface area contributed by atoms with Gasteiger partial charge in [-0.1, -0.05) is 11.6 Å². The van der Waals surface area contributed by atoms with Crippen LogP contribution in [0.5, 0.6) is 0 Å².